The highest BCUT2D eigenvalue weighted by atomic mass is 32.2. The Morgan fingerprint density at radius 1 is 1.14 bits per heavy atom. The summed E-state index contributed by atoms with van der Waals surface area (Å²) in [5.74, 6) is 1.57. The number of nitrogens with zero attached hydrogens (tertiary/aromatic N) is 2. The van der Waals surface area contributed by atoms with Crippen LogP contribution in [-0.4, -0.2) is 11.1 Å². The minimum Gasteiger partial charge on any atom is -0.490 e. The summed E-state index contributed by atoms with van der Waals surface area (Å²) >= 11 is 3.46. The molecular formula is C29H27N3OS2. The lowest BCUT2D eigenvalue weighted by Gasteiger charge is -2.14. The molecule has 1 unspecified atom stereocenters. The Kier molecular flexibility index (Phi) is 7.19. The molecule has 0 aliphatic heterocycles. The molecule has 5 rings (SSSR count). The zero-order chi connectivity index (χ0) is 24.2. The molecular weight excluding hydrogens is 470 g/mol. The van der Waals surface area contributed by atoms with E-state index in [4.69, 9.17) is 9.72 Å². The van der Waals surface area contributed by atoms with Gasteiger partial charge in [0, 0.05) is 23.6 Å². The maximum absolute atomic E-state index is 9.59. The number of nitriles is 1. The molecule has 1 aliphatic carbocycles. The third kappa shape index (κ3) is 5.28. The Morgan fingerprint density at radius 3 is 2.80 bits per heavy atom. The minimum atomic E-state index is 0.0228. The van der Waals surface area contributed by atoms with Crippen molar-refractivity contribution in [3.05, 3.63) is 95.2 Å². The van der Waals surface area contributed by atoms with Crippen LogP contribution >= 0.6 is 23.3 Å². The van der Waals surface area contributed by atoms with Crippen molar-refractivity contribution in [1.82, 2.24) is 9.71 Å². The average molecular weight is 498 g/mol. The first-order valence-corrected chi connectivity index (χ1v) is 13.6. The fraction of sp³-hybridized carbons (Fsp3) is 0.241. The summed E-state index contributed by atoms with van der Waals surface area (Å²) in [6.07, 6.45) is 4.14. The van der Waals surface area contributed by atoms with E-state index < -0.39 is 0 Å². The number of ether oxygens (including phenoxy) is 1. The second kappa shape index (κ2) is 10.7. The van der Waals surface area contributed by atoms with Gasteiger partial charge in [-0.2, -0.15) is 5.26 Å². The van der Waals surface area contributed by atoms with Crippen molar-refractivity contribution in [2.24, 2.45) is 0 Å². The first-order valence-electron chi connectivity index (χ1n) is 11.8. The zero-order valence-electron chi connectivity index (χ0n) is 19.8. The number of rotatable bonds is 8. The van der Waals surface area contributed by atoms with E-state index in [2.05, 4.69) is 59.3 Å². The molecule has 1 N–H and O–H groups in total. The smallest absolute Gasteiger partial charge is 0.137 e. The Hall–Kier alpha value is -3.11. The van der Waals surface area contributed by atoms with Crippen LogP contribution in [0.25, 0.3) is 21.0 Å². The van der Waals surface area contributed by atoms with Crippen LogP contribution in [0.4, 0.5) is 0 Å². The van der Waals surface area contributed by atoms with Crippen LogP contribution in [-0.2, 0) is 12.2 Å². The Labute approximate surface area is 215 Å². The van der Waals surface area contributed by atoms with Crippen LogP contribution in [0.1, 0.15) is 48.6 Å². The molecule has 0 saturated heterocycles. The molecule has 0 bridgehead atoms. The molecule has 3 aromatic carbocycles. The van der Waals surface area contributed by atoms with Gasteiger partial charge in [0.1, 0.15) is 16.8 Å². The second-order valence-corrected chi connectivity index (χ2v) is 10.7. The third-order valence-electron chi connectivity index (χ3n) is 6.06. The molecule has 35 heavy (non-hydrogen) atoms. The maximum atomic E-state index is 9.59. The van der Waals surface area contributed by atoms with E-state index in [1.165, 1.54) is 22.3 Å². The number of benzene rings is 3. The monoisotopic (exact) mass is 497 g/mol. The first-order chi connectivity index (χ1) is 17.1. The van der Waals surface area contributed by atoms with E-state index in [1.807, 2.05) is 38.2 Å². The fourth-order valence-corrected chi connectivity index (χ4v) is 6.30. The molecule has 0 spiro atoms. The Bertz CT molecular complexity index is 1360. The largest absolute Gasteiger partial charge is 0.490 e. The predicted octanol–water partition coefficient (Wildman–Crippen LogP) is 7.56. The topological polar surface area (TPSA) is 57.9 Å². The van der Waals surface area contributed by atoms with E-state index in [9.17, 15) is 5.26 Å². The molecule has 1 heterocycles. The highest BCUT2D eigenvalue weighted by molar-refractivity contribution is 7.96. The summed E-state index contributed by atoms with van der Waals surface area (Å²) < 4.78 is 9.46. The van der Waals surface area contributed by atoms with Crippen molar-refractivity contribution in [2.75, 3.05) is 0 Å². The maximum Gasteiger partial charge on any atom is 0.137 e. The van der Waals surface area contributed by atoms with Crippen LogP contribution in [0.2, 0.25) is 0 Å². The first kappa shape index (κ1) is 23.6. The van der Waals surface area contributed by atoms with E-state index in [0.29, 0.717) is 17.4 Å². The molecule has 4 nitrogen and oxygen atoms in total. The lowest BCUT2D eigenvalue weighted by molar-refractivity contribution is 0.242. The van der Waals surface area contributed by atoms with Gasteiger partial charge < -0.3 is 4.74 Å². The van der Waals surface area contributed by atoms with Crippen molar-refractivity contribution in [1.29, 1.82) is 5.26 Å². The lowest BCUT2D eigenvalue weighted by atomic mass is 10.0. The molecule has 0 radical (unpaired) electrons. The molecule has 0 fully saturated rings. The number of nitrogens with one attached hydrogen (secondary N) is 1. The van der Waals surface area contributed by atoms with Crippen molar-refractivity contribution in [3.63, 3.8) is 0 Å². The van der Waals surface area contributed by atoms with Crippen LogP contribution in [0.3, 0.4) is 0 Å². The van der Waals surface area contributed by atoms with Crippen LogP contribution < -0.4 is 9.46 Å². The third-order valence-corrected chi connectivity index (χ3v) is 8.07. The van der Waals surface area contributed by atoms with Crippen molar-refractivity contribution >= 4 is 23.3 Å². The summed E-state index contributed by atoms with van der Waals surface area (Å²) in [7, 11) is 0. The van der Waals surface area contributed by atoms with Gasteiger partial charge in [-0.05, 0) is 67.1 Å². The van der Waals surface area contributed by atoms with Crippen LogP contribution in [0, 0.1) is 11.3 Å². The molecule has 176 valence electrons. The standard InChI is InChI=1S/C29H27N3OS2/c1-19(2)33-27-14-11-21(15-22(27)16-30)29-31-17-28(35-29)25-10-6-9-24-23(25)12-13-26(24)32-34-18-20-7-4-3-5-8-20/h3-11,14-15,17,19,26,32H,12-13,18H2,1-2H3. The molecule has 0 saturated carbocycles. The van der Waals surface area contributed by atoms with Gasteiger partial charge in [-0.1, -0.05) is 60.5 Å². The molecule has 6 heteroatoms. The second-order valence-electron chi connectivity index (χ2n) is 8.88. The number of hydrogen-bond acceptors (Lipinski definition) is 6. The van der Waals surface area contributed by atoms with Gasteiger partial charge >= 0.3 is 0 Å². The Morgan fingerprint density at radius 2 is 2.00 bits per heavy atom. The summed E-state index contributed by atoms with van der Waals surface area (Å²) in [4.78, 5) is 5.87. The molecule has 1 aliphatic rings. The van der Waals surface area contributed by atoms with E-state index in [0.717, 1.165) is 34.0 Å². The van der Waals surface area contributed by atoms with Gasteiger partial charge in [0.15, 0.2) is 0 Å². The highest BCUT2D eigenvalue weighted by Gasteiger charge is 2.25. The summed E-state index contributed by atoms with van der Waals surface area (Å²) in [6, 6.07) is 25.5. The normalized spacial score (nSPS) is 14.6. The number of aromatic nitrogens is 1. The van der Waals surface area contributed by atoms with Gasteiger partial charge in [0.05, 0.1) is 16.5 Å². The quantitative estimate of drug-likeness (QED) is 0.255. The van der Waals surface area contributed by atoms with E-state index in [-0.39, 0.29) is 6.10 Å². The number of fused-ring (bicyclic) bond motifs is 1. The SMILES string of the molecule is CC(C)Oc1ccc(-c2ncc(-c3cccc4c3CCC4NSCc3ccccc3)s2)cc1C#N. The van der Waals surface area contributed by atoms with Gasteiger partial charge in [0.2, 0.25) is 0 Å². The molecule has 1 aromatic heterocycles. The van der Waals surface area contributed by atoms with E-state index in [1.54, 1.807) is 23.3 Å². The fourth-order valence-electron chi connectivity index (χ4n) is 4.45. The van der Waals surface area contributed by atoms with E-state index >= 15 is 0 Å². The van der Waals surface area contributed by atoms with Gasteiger partial charge in [-0.25, -0.2) is 4.98 Å². The summed E-state index contributed by atoms with van der Waals surface area (Å²) in [6.45, 7) is 3.92. The predicted molar refractivity (Wildman–Crippen MR) is 145 cm³/mol. The summed E-state index contributed by atoms with van der Waals surface area (Å²) in [5, 5.41) is 10.5. The summed E-state index contributed by atoms with van der Waals surface area (Å²) in [5.41, 5.74) is 6.88. The van der Waals surface area contributed by atoms with Crippen LogP contribution in [0.5, 0.6) is 5.75 Å². The zero-order valence-corrected chi connectivity index (χ0v) is 21.5. The number of thiazole rings is 1. The molecule has 4 aromatic rings. The number of hydrogen-bond donors (Lipinski definition) is 1. The lowest BCUT2D eigenvalue weighted by Crippen LogP contribution is -2.11. The Balaban J connectivity index is 1.34. The van der Waals surface area contributed by atoms with Crippen molar-refractivity contribution in [3.8, 4) is 32.8 Å². The van der Waals surface area contributed by atoms with Gasteiger partial charge in [-0.3, -0.25) is 4.72 Å². The van der Waals surface area contributed by atoms with Crippen molar-refractivity contribution < 1.29 is 4.74 Å². The van der Waals surface area contributed by atoms with Crippen LogP contribution in [0.15, 0.2) is 72.9 Å². The molecule has 1 atom stereocenters. The van der Waals surface area contributed by atoms with Gasteiger partial charge in [-0.15, -0.1) is 11.3 Å². The molecule has 0 amide bonds. The minimum absolute atomic E-state index is 0.0228. The van der Waals surface area contributed by atoms with Gasteiger partial charge in [0.25, 0.3) is 0 Å². The highest BCUT2D eigenvalue weighted by Crippen LogP contribution is 2.41. The van der Waals surface area contributed by atoms with Crippen molar-refractivity contribution in [2.45, 2.75) is 44.6 Å². The average Bonchev–Trinajstić information content (AvgIpc) is 3.52.